The zero-order chi connectivity index (χ0) is 13.0. The molecular weight excluding hydrogens is 291 g/mol. The molecule has 0 unspecified atom stereocenters. The summed E-state index contributed by atoms with van der Waals surface area (Å²) in [6, 6.07) is 3.69. The van der Waals surface area contributed by atoms with E-state index in [0.29, 0.717) is 28.9 Å². The number of nitrogens with one attached hydrogen (secondary N) is 1. The zero-order valence-electron chi connectivity index (χ0n) is 9.74. The van der Waals surface area contributed by atoms with Crippen molar-refractivity contribution in [3.05, 3.63) is 39.3 Å². The fourth-order valence-corrected chi connectivity index (χ4v) is 2.65. The quantitative estimate of drug-likeness (QED) is 0.885. The summed E-state index contributed by atoms with van der Waals surface area (Å²) in [5.41, 5.74) is 0.989. The van der Waals surface area contributed by atoms with Crippen molar-refractivity contribution in [2.75, 3.05) is 11.9 Å². The Labute approximate surface area is 120 Å². The Balaban J connectivity index is 2.10. The lowest BCUT2D eigenvalue weighted by Crippen LogP contribution is -2.00. The summed E-state index contributed by atoms with van der Waals surface area (Å²) in [6.45, 7) is 3.06. The maximum absolute atomic E-state index is 6.12. The molecule has 0 amide bonds. The normalized spacial score (nSPS) is 10.4. The number of hydrogen-bond donors (Lipinski definition) is 1. The minimum atomic E-state index is 0.528. The van der Waals surface area contributed by atoms with Crippen LogP contribution in [-0.2, 0) is 6.54 Å². The Kier molecular flexibility index (Phi) is 4.69. The Morgan fingerprint density at radius 1 is 1.33 bits per heavy atom. The predicted octanol–water partition coefficient (Wildman–Crippen LogP) is 4.46. The smallest absolute Gasteiger partial charge is 0.182 e. The van der Waals surface area contributed by atoms with E-state index in [0.717, 1.165) is 10.7 Å². The summed E-state index contributed by atoms with van der Waals surface area (Å²) >= 11 is 13.8. The average molecular weight is 303 g/mol. The summed E-state index contributed by atoms with van der Waals surface area (Å²) in [6.07, 6.45) is 1.76. The van der Waals surface area contributed by atoms with E-state index < -0.39 is 0 Å². The second-order valence-corrected chi connectivity index (χ2v) is 5.22. The molecule has 0 aliphatic heterocycles. The third-order valence-corrected chi connectivity index (χ3v) is 3.52. The van der Waals surface area contributed by atoms with E-state index in [1.807, 2.05) is 24.4 Å². The van der Waals surface area contributed by atoms with Gasteiger partial charge in [-0.05, 0) is 24.6 Å². The molecule has 0 saturated carbocycles. The summed E-state index contributed by atoms with van der Waals surface area (Å²) in [4.78, 5) is 4.14. The van der Waals surface area contributed by atoms with Crippen molar-refractivity contribution < 1.29 is 4.74 Å². The van der Waals surface area contributed by atoms with Gasteiger partial charge >= 0.3 is 0 Å². The second-order valence-electron chi connectivity index (χ2n) is 3.51. The summed E-state index contributed by atoms with van der Waals surface area (Å²) < 4.78 is 5.38. The number of aromatic nitrogens is 1. The zero-order valence-corrected chi connectivity index (χ0v) is 12.1. The fourth-order valence-electron chi connectivity index (χ4n) is 1.49. The first kappa shape index (κ1) is 13.5. The molecule has 0 aliphatic carbocycles. The third-order valence-electron chi connectivity index (χ3n) is 2.22. The van der Waals surface area contributed by atoms with Gasteiger partial charge in [0.25, 0.3) is 0 Å². The van der Waals surface area contributed by atoms with E-state index in [1.54, 1.807) is 17.5 Å². The molecule has 1 heterocycles. The lowest BCUT2D eigenvalue weighted by molar-refractivity contribution is 0.340. The van der Waals surface area contributed by atoms with Gasteiger partial charge in [0.2, 0.25) is 0 Å². The van der Waals surface area contributed by atoms with Crippen LogP contribution < -0.4 is 10.1 Å². The molecule has 96 valence electrons. The van der Waals surface area contributed by atoms with Crippen molar-refractivity contribution in [3.63, 3.8) is 0 Å². The van der Waals surface area contributed by atoms with Gasteiger partial charge in [0.1, 0.15) is 0 Å². The van der Waals surface area contributed by atoms with Crippen LogP contribution in [0.25, 0.3) is 0 Å². The highest BCUT2D eigenvalue weighted by Crippen LogP contribution is 2.34. The Morgan fingerprint density at radius 3 is 2.61 bits per heavy atom. The average Bonchev–Trinajstić information content (AvgIpc) is 2.84. The highest BCUT2D eigenvalue weighted by atomic mass is 35.5. The van der Waals surface area contributed by atoms with Crippen LogP contribution >= 0.6 is 34.5 Å². The topological polar surface area (TPSA) is 34.1 Å². The van der Waals surface area contributed by atoms with Gasteiger partial charge in [0, 0.05) is 18.1 Å². The molecule has 18 heavy (non-hydrogen) atoms. The molecule has 2 aromatic rings. The monoisotopic (exact) mass is 302 g/mol. The van der Waals surface area contributed by atoms with Crippen molar-refractivity contribution in [2.45, 2.75) is 13.5 Å². The fraction of sp³-hybridized carbons (Fsp3) is 0.250. The van der Waals surface area contributed by atoms with Crippen LogP contribution in [0.4, 0.5) is 5.13 Å². The molecule has 0 radical (unpaired) electrons. The number of thiazole rings is 1. The van der Waals surface area contributed by atoms with E-state index in [4.69, 9.17) is 27.9 Å². The number of hydrogen-bond acceptors (Lipinski definition) is 4. The lowest BCUT2D eigenvalue weighted by Gasteiger charge is -2.10. The maximum Gasteiger partial charge on any atom is 0.182 e. The number of halogens is 2. The lowest BCUT2D eigenvalue weighted by atomic mass is 10.2. The molecule has 6 heteroatoms. The summed E-state index contributed by atoms with van der Waals surface area (Å²) in [5, 5.41) is 7.04. The molecular formula is C12H12Cl2N2OS. The molecule has 2 rings (SSSR count). The highest BCUT2D eigenvalue weighted by molar-refractivity contribution is 7.13. The second kappa shape index (κ2) is 6.27. The van der Waals surface area contributed by atoms with Gasteiger partial charge in [-0.2, -0.15) is 0 Å². The van der Waals surface area contributed by atoms with Crippen molar-refractivity contribution in [1.82, 2.24) is 4.98 Å². The SMILES string of the molecule is CCOc1c(Cl)cc(CNc2nccs2)cc1Cl. The number of ether oxygens (including phenoxy) is 1. The van der Waals surface area contributed by atoms with Crippen LogP contribution in [0.2, 0.25) is 10.0 Å². The van der Waals surface area contributed by atoms with E-state index in [9.17, 15) is 0 Å². The first-order valence-corrected chi connectivity index (χ1v) is 7.08. The van der Waals surface area contributed by atoms with E-state index in [-0.39, 0.29) is 0 Å². The van der Waals surface area contributed by atoms with Gasteiger partial charge in [-0.15, -0.1) is 11.3 Å². The van der Waals surface area contributed by atoms with Crippen molar-refractivity contribution >= 4 is 39.7 Å². The Bertz CT molecular complexity index is 494. The van der Waals surface area contributed by atoms with Crippen LogP contribution in [-0.4, -0.2) is 11.6 Å². The van der Waals surface area contributed by atoms with E-state index in [2.05, 4.69) is 10.3 Å². The number of nitrogens with zero attached hydrogens (tertiary/aromatic N) is 1. The molecule has 0 aliphatic rings. The van der Waals surface area contributed by atoms with E-state index >= 15 is 0 Å². The van der Waals surface area contributed by atoms with Crippen LogP contribution in [0.1, 0.15) is 12.5 Å². The van der Waals surface area contributed by atoms with Crippen molar-refractivity contribution in [2.24, 2.45) is 0 Å². The van der Waals surface area contributed by atoms with Crippen LogP contribution in [0.15, 0.2) is 23.7 Å². The van der Waals surface area contributed by atoms with E-state index in [1.165, 1.54) is 0 Å². The third kappa shape index (κ3) is 3.28. The summed E-state index contributed by atoms with van der Waals surface area (Å²) in [5.74, 6) is 0.541. The van der Waals surface area contributed by atoms with Crippen LogP contribution in [0, 0.1) is 0 Å². The maximum atomic E-state index is 6.12. The first-order chi connectivity index (χ1) is 8.70. The number of benzene rings is 1. The van der Waals surface area contributed by atoms with Crippen molar-refractivity contribution in [1.29, 1.82) is 0 Å². The largest absolute Gasteiger partial charge is 0.491 e. The summed E-state index contributed by atoms with van der Waals surface area (Å²) in [7, 11) is 0. The molecule has 0 atom stereocenters. The number of anilines is 1. The molecule has 0 spiro atoms. The Hall–Kier alpha value is -0.970. The highest BCUT2D eigenvalue weighted by Gasteiger charge is 2.09. The predicted molar refractivity (Wildman–Crippen MR) is 77.1 cm³/mol. The molecule has 3 nitrogen and oxygen atoms in total. The van der Waals surface area contributed by atoms with Crippen LogP contribution in [0.3, 0.4) is 0 Å². The van der Waals surface area contributed by atoms with Gasteiger partial charge < -0.3 is 10.1 Å². The van der Waals surface area contributed by atoms with Gasteiger partial charge in [0.05, 0.1) is 16.7 Å². The molecule has 1 N–H and O–H groups in total. The minimum Gasteiger partial charge on any atom is -0.491 e. The molecule has 1 aromatic carbocycles. The number of rotatable bonds is 5. The molecule has 0 saturated heterocycles. The van der Waals surface area contributed by atoms with Crippen molar-refractivity contribution in [3.8, 4) is 5.75 Å². The molecule has 0 bridgehead atoms. The standard InChI is InChI=1S/C12H12Cl2N2OS/c1-2-17-11-9(13)5-8(6-10(11)14)7-16-12-15-3-4-18-12/h3-6H,2,7H2,1H3,(H,15,16). The van der Waals surface area contributed by atoms with Crippen LogP contribution in [0.5, 0.6) is 5.75 Å². The van der Waals surface area contributed by atoms with Gasteiger partial charge in [-0.3, -0.25) is 0 Å². The Morgan fingerprint density at radius 2 is 2.06 bits per heavy atom. The van der Waals surface area contributed by atoms with Gasteiger partial charge in [0.15, 0.2) is 10.9 Å². The molecule has 1 aromatic heterocycles. The van der Waals surface area contributed by atoms with Gasteiger partial charge in [-0.1, -0.05) is 23.2 Å². The minimum absolute atomic E-state index is 0.528. The molecule has 0 fully saturated rings. The first-order valence-electron chi connectivity index (χ1n) is 5.44. The van der Waals surface area contributed by atoms with Gasteiger partial charge in [-0.25, -0.2) is 4.98 Å².